The summed E-state index contributed by atoms with van der Waals surface area (Å²) in [5, 5.41) is 10.2. The van der Waals surface area contributed by atoms with Gasteiger partial charge in [0.05, 0.1) is 5.60 Å². The zero-order valence-electron chi connectivity index (χ0n) is 9.83. The van der Waals surface area contributed by atoms with Gasteiger partial charge in [-0.3, -0.25) is 0 Å². The molecule has 0 saturated carbocycles. The zero-order valence-corrected chi connectivity index (χ0v) is 9.83. The Labute approximate surface area is 82.5 Å². The molecule has 0 aromatic carbocycles. The Morgan fingerprint density at radius 2 is 1.46 bits per heavy atom. The first kappa shape index (κ1) is 12.9. The smallest absolute Gasteiger partial charge is 0.0671 e. The van der Waals surface area contributed by atoms with Crippen molar-refractivity contribution in [3.63, 3.8) is 0 Å². The van der Waals surface area contributed by atoms with Gasteiger partial charge in [0.15, 0.2) is 0 Å². The Balaban J connectivity index is 4.48. The van der Waals surface area contributed by atoms with Gasteiger partial charge in [-0.15, -0.1) is 0 Å². The largest absolute Gasteiger partial charge is 0.390 e. The number of aliphatic hydroxyl groups is 1. The average molecular weight is 187 g/mol. The highest BCUT2D eigenvalue weighted by atomic mass is 16.3. The minimum Gasteiger partial charge on any atom is -0.390 e. The van der Waals surface area contributed by atoms with Crippen LogP contribution in [0.4, 0.5) is 0 Å². The summed E-state index contributed by atoms with van der Waals surface area (Å²) >= 11 is 0. The van der Waals surface area contributed by atoms with E-state index in [9.17, 15) is 5.11 Å². The number of rotatable bonds is 4. The van der Waals surface area contributed by atoms with Gasteiger partial charge in [0, 0.05) is 6.04 Å². The summed E-state index contributed by atoms with van der Waals surface area (Å²) in [5.41, 5.74) is 5.20. The molecule has 0 heterocycles. The second-order valence-corrected chi connectivity index (χ2v) is 4.89. The van der Waals surface area contributed by atoms with Crippen LogP contribution < -0.4 is 5.73 Å². The maximum absolute atomic E-state index is 10.2. The summed E-state index contributed by atoms with van der Waals surface area (Å²) in [6, 6.07) is 0.139. The normalized spacial score (nSPS) is 23.8. The van der Waals surface area contributed by atoms with E-state index in [1.54, 1.807) is 0 Å². The second kappa shape index (κ2) is 4.43. The van der Waals surface area contributed by atoms with E-state index in [1.165, 1.54) is 0 Å². The number of hydrogen-bond acceptors (Lipinski definition) is 2. The molecule has 0 aromatic rings. The van der Waals surface area contributed by atoms with Crippen LogP contribution in [0.5, 0.6) is 0 Å². The maximum Gasteiger partial charge on any atom is 0.0671 e. The highest BCUT2D eigenvalue weighted by molar-refractivity contribution is 4.87. The average Bonchev–Trinajstić information content (AvgIpc) is 2.01. The molecule has 0 aliphatic rings. The standard InChI is InChI=1S/C11H25NO/c1-7(2)11(6,13)9(4)8(3)10(5)12/h7-10,13H,12H2,1-6H3. The molecular weight excluding hydrogens is 162 g/mol. The van der Waals surface area contributed by atoms with Gasteiger partial charge in [-0.25, -0.2) is 0 Å². The molecule has 0 saturated heterocycles. The maximum atomic E-state index is 10.2. The van der Waals surface area contributed by atoms with Gasteiger partial charge in [-0.1, -0.05) is 27.7 Å². The SMILES string of the molecule is CC(N)C(C)C(C)C(C)(O)C(C)C. The highest BCUT2D eigenvalue weighted by Gasteiger charge is 2.35. The first-order valence-corrected chi connectivity index (χ1v) is 5.19. The van der Waals surface area contributed by atoms with Crippen LogP contribution in [0.2, 0.25) is 0 Å². The molecule has 0 radical (unpaired) electrons. The molecule has 2 nitrogen and oxygen atoms in total. The monoisotopic (exact) mass is 187 g/mol. The summed E-state index contributed by atoms with van der Waals surface area (Å²) in [6.45, 7) is 12.2. The Morgan fingerprint density at radius 3 is 1.69 bits per heavy atom. The number of nitrogens with two attached hydrogens (primary N) is 1. The predicted molar refractivity (Wildman–Crippen MR) is 57.4 cm³/mol. The zero-order chi connectivity index (χ0) is 10.8. The topological polar surface area (TPSA) is 46.2 Å². The third kappa shape index (κ3) is 2.96. The van der Waals surface area contributed by atoms with Crippen molar-refractivity contribution >= 4 is 0 Å². The van der Waals surface area contributed by atoms with Crippen molar-refractivity contribution < 1.29 is 5.11 Å². The summed E-state index contributed by atoms with van der Waals surface area (Å²) in [5.74, 6) is 0.841. The van der Waals surface area contributed by atoms with E-state index in [0.717, 1.165) is 0 Å². The van der Waals surface area contributed by atoms with Crippen molar-refractivity contribution in [2.24, 2.45) is 23.5 Å². The van der Waals surface area contributed by atoms with Crippen LogP contribution in [-0.4, -0.2) is 16.7 Å². The lowest BCUT2D eigenvalue weighted by Crippen LogP contribution is -2.45. The quantitative estimate of drug-likeness (QED) is 0.707. The third-order valence-electron chi connectivity index (χ3n) is 3.71. The van der Waals surface area contributed by atoms with Crippen molar-refractivity contribution in [3.8, 4) is 0 Å². The van der Waals surface area contributed by atoms with E-state index < -0.39 is 5.60 Å². The van der Waals surface area contributed by atoms with Gasteiger partial charge < -0.3 is 10.8 Å². The first-order chi connectivity index (χ1) is 5.71. The summed E-state index contributed by atoms with van der Waals surface area (Å²) in [6.07, 6.45) is 0. The molecule has 4 unspecified atom stereocenters. The lowest BCUT2D eigenvalue weighted by Gasteiger charge is -2.39. The van der Waals surface area contributed by atoms with Gasteiger partial charge in [0.2, 0.25) is 0 Å². The summed E-state index contributed by atoms with van der Waals surface area (Å²) in [7, 11) is 0. The van der Waals surface area contributed by atoms with Gasteiger partial charge in [-0.2, -0.15) is 0 Å². The van der Waals surface area contributed by atoms with Crippen LogP contribution in [0.15, 0.2) is 0 Å². The number of hydrogen-bond donors (Lipinski definition) is 2. The van der Waals surface area contributed by atoms with Crippen molar-refractivity contribution in [3.05, 3.63) is 0 Å². The molecule has 3 N–H and O–H groups in total. The molecule has 0 rings (SSSR count). The Kier molecular flexibility index (Phi) is 4.40. The van der Waals surface area contributed by atoms with Crippen LogP contribution in [-0.2, 0) is 0 Å². The van der Waals surface area contributed by atoms with Crippen LogP contribution in [0, 0.1) is 17.8 Å². The minimum atomic E-state index is -0.618. The van der Waals surface area contributed by atoms with Gasteiger partial charge in [0.1, 0.15) is 0 Å². The molecule has 0 fully saturated rings. The van der Waals surface area contributed by atoms with E-state index in [4.69, 9.17) is 5.73 Å². The molecule has 0 aliphatic heterocycles. The minimum absolute atomic E-state index is 0.139. The lowest BCUT2D eigenvalue weighted by atomic mass is 9.73. The molecule has 0 bridgehead atoms. The van der Waals surface area contributed by atoms with E-state index in [1.807, 2.05) is 27.7 Å². The van der Waals surface area contributed by atoms with Crippen LogP contribution >= 0.6 is 0 Å². The van der Waals surface area contributed by atoms with Crippen molar-refractivity contribution in [1.82, 2.24) is 0 Å². The van der Waals surface area contributed by atoms with Crippen LogP contribution in [0.3, 0.4) is 0 Å². The Hall–Kier alpha value is -0.0800. The summed E-state index contributed by atoms with van der Waals surface area (Å²) in [4.78, 5) is 0. The van der Waals surface area contributed by atoms with E-state index in [2.05, 4.69) is 13.8 Å². The molecule has 80 valence electrons. The molecular formula is C11H25NO. The molecule has 0 aromatic heterocycles. The van der Waals surface area contributed by atoms with Crippen molar-refractivity contribution in [1.29, 1.82) is 0 Å². The lowest BCUT2D eigenvalue weighted by molar-refractivity contribution is -0.0566. The van der Waals surface area contributed by atoms with E-state index >= 15 is 0 Å². The Morgan fingerprint density at radius 1 is 1.08 bits per heavy atom. The predicted octanol–water partition coefficient (Wildman–Crippen LogP) is 2.01. The van der Waals surface area contributed by atoms with E-state index in [0.29, 0.717) is 5.92 Å². The van der Waals surface area contributed by atoms with Gasteiger partial charge >= 0.3 is 0 Å². The molecule has 0 aliphatic carbocycles. The summed E-state index contributed by atoms with van der Waals surface area (Å²) < 4.78 is 0. The molecule has 0 amide bonds. The van der Waals surface area contributed by atoms with E-state index in [-0.39, 0.29) is 17.9 Å². The Bertz CT molecular complexity index is 152. The van der Waals surface area contributed by atoms with Crippen LogP contribution in [0.25, 0.3) is 0 Å². The fraction of sp³-hybridized carbons (Fsp3) is 1.00. The molecule has 4 atom stereocenters. The van der Waals surface area contributed by atoms with Crippen LogP contribution in [0.1, 0.15) is 41.5 Å². The van der Waals surface area contributed by atoms with Crippen molar-refractivity contribution in [2.75, 3.05) is 0 Å². The molecule has 0 spiro atoms. The fourth-order valence-electron chi connectivity index (χ4n) is 1.51. The third-order valence-corrected chi connectivity index (χ3v) is 3.71. The van der Waals surface area contributed by atoms with Gasteiger partial charge in [0.25, 0.3) is 0 Å². The van der Waals surface area contributed by atoms with Gasteiger partial charge in [-0.05, 0) is 31.6 Å². The molecule has 2 heteroatoms. The fourth-order valence-corrected chi connectivity index (χ4v) is 1.51. The molecule has 13 heavy (non-hydrogen) atoms. The second-order valence-electron chi connectivity index (χ2n) is 4.89. The first-order valence-electron chi connectivity index (χ1n) is 5.19. The highest BCUT2D eigenvalue weighted by Crippen LogP contribution is 2.31. The van der Waals surface area contributed by atoms with Crippen molar-refractivity contribution in [2.45, 2.75) is 53.2 Å².